The van der Waals surface area contributed by atoms with Crippen molar-refractivity contribution in [3.63, 3.8) is 0 Å². The summed E-state index contributed by atoms with van der Waals surface area (Å²) in [4.78, 5) is 19.3. The van der Waals surface area contributed by atoms with Gasteiger partial charge in [-0.25, -0.2) is 4.79 Å². The van der Waals surface area contributed by atoms with Gasteiger partial charge in [-0.05, 0) is 30.7 Å². The summed E-state index contributed by atoms with van der Waals surface area (Å²) in [6, 6.07) is 13.3. The summed E-state index contributed by atoms with van der Waals surface area (Å²) < 4.78 is 5.03. The number of hydrogen-bond donors (Lipinski definition) is 1. The number of aromatic nitrogens is 2. The van der Waals surface area contributed by atoms with Crippen LogP contribution >= 0.6 is 0 Å². The lowest BCUT2D eigenvalue weighted by Gasteiger charge is -2.08. The Morgan fingerprint density at radius 3 is 2.96 bits per heavy atom. The number of H-pyrrole nitrogens is 1. The molecule has 118 valence electrons. The number of aromatic amines is 1. The lowest BCUT2D eigenvalue weighted by Crippen LogP contribution is -2.02. The molecule has 1 aromatic carbocycles. The molecule has 1 N–H and O–H groups in total. The van der Waals surface area contributed by atoms with E-state index >= 15 is 0 Å². The smallest absolute Gasteiger partial charge is 0.331 e. The number of nitrogens with one attached hydrogen (secondary N) is 1. The molecule has 3 rings (SSSR count). The highest BCUT2D eigenvalue weighted by molar-refractivity contribution is 5.97. The number of nitrogens with zero attached hydrogens (tertiary/aromatic N) is 2. The SMILES string of the molecule is CCOC(=O)/C=C(/c1ccc2c(C#N)c[nH]c2c1)c1ccccn1. The standard InChI is InChI=1S/C19H15N3O2/c1-2-24-19(23)10-16(17-5-3-4-8-21-17)13-6-7-15-14(11-20)12-22-18(15)9-13/h3-10,12,22H,2H2,1H3/b16-10-. The number of carbonyl (C=O) groups excluding carboxylic acids is 1. The zero-order valence-electron chi connectivity index (χ0n) is 13.1. The number of rotatable bonds is 4. The largest absolute Gasteiger partial charge is 0.463 e. The first-order valence-electron chi connectivity index (χ1n) is 7.54. The van der Waals surface area contributed by atoms with Gasteiger partial charge in [0.15, 0.2) is 0 Å². The minimum Gasteiger partial charge on any atom is -0.463 e. The average molecular weight is 317 g/mol. The predicted molar refractivity (Wildman–Crippen MR) is 91.0 cm³/mol. The Morgan fingerprint density at radius 1 is 1.38 bits per heavy atom. The van der Waals surface area contributed by atoms with Gasteiger partial charge in [-0.1, -0.05) is 18.2 Å². The van der Waals surface area contributed by atoms with Crippen molar-refractivity contribution in [2.75, 3.05) is 6.61 Å². The Kier molecular flexibility index (Phi) is 4.39. The van der Waals surface area contributed by atoms with Crippen LogP contribution in [0.25, 0.3) is 16.5 Å². The van der Waals surface area contributed by atoms with Crippen LogP contribution in [0.3, 0.4) is 0 Å². The van der Waals surface area contributed by atoms with Gasteiger partial charge >= 0.3 is 5.97 Å². The van der Waals surface area contributed by atoms with E-state index in [1.807, 2.05) is 36.4 Å². The van der Waals surface area contributed by atoms with Gasteiger partial charge in [0.05, 0.1) is 17.9 Å². The molecule has 2 heterocycles. The maximum absolute atomic E-state index is 11.9. The summed E-state index contributed by atoms with van der Waals surface area (Å²) in [5, 5.41) is 9.95. The third-order valence-electron chi connectivity index (χ3n) is 3.60. The normalized spacial score (nSPS) is 11.2. The van der Waals surface area contributed by atoms with Crippen molar-refractivity contribution in [2.24, 2.45) is 0 Å². The molecule has 0 aliphatic carbocycles. The number of ether oxygens (including phenoxy) is 1. The van der Waals surface area contributed by atoms with Gasteiger partial charge in [-0.15, -0.1) is 0 Å². The van der Waals surface area contributed by atoms with E-state index in [-0.39, 0.29) is 0 Å². The first kappa shape index (κ1) is 15.5. The Labute approximate surface area is 139 Å². The highest BCUT2D eigenvalue weighted by Crippen LogP contribution is 2.26. The van der Waals surface area contributed by atoms with Crippen LogP contribution in [0.5, 0.6) is 0 Å². The van der Waals surface area contributed by atoms with Crippen LogP contribution in [0.4, 0.5) is 0 Å². The average Bonchev–Trinajstić information content (AvgIpc) is 3.03. The Hall–Kier alpha value is -3.39. The lowest BCUT2D eigenvalue weighted by molar-refractivity contribution is -0.137. The highest BCUT2D eigenvalue weighted by atomic mass is 16.5. The number of nitriles is 1. The van der Waals surface area contributed by atoms with Gasteiger partial charge in [-0.3, -0.25) is 4.98 Å². The van der Waals surface area contributed by atoms with Crippen LogP contribution in [0, 0.1) is 11.3 Å². The maximum atomic E-state index is 11.9. The van der Waals surface area contributed by atoms with Gasteiger partial charge in [0.25, 0.3) is 0 Å². The monoisotopic (exact) mass is 317 g/mol. The lowest BCUT2D eigenvalue weighted by atomic mass is 10.00. The molecule has 0 aliphatic rings. The quantitative estimate of drug-likeness (QED) is 0.590. The minimum atomic E-state index is -0.414. The third-order valence-corrected chi connectivity index (χ3v) is 3.60. The fourth-order valence-corrected chi connectivity index (χ4v) is 2.52. The molecule has 0 fully saturated rings. The van der Waals surface area contributed by atoms with E-state index in [1.54, 1.807) is 19.3 Å². The van der Waals surface area contributed by atoms with Crippen LogP contribution in [0.15, 0.2) is 54.9 Å². The van der Waals surface area contributed by atoms with Crippen molar-refractivity contribution in [1.82, 2.24) is 9.97 Å². The summed E-state index contributed by atoms with van der Waals surface area (Å²) in [5.41, 5.74) is 3.58. The molecule has 24 heavy (non-hydrogen) atoms. The van der Waals surface area contributed by atoms with Crippen LogP contribution in [0.1, 0.15) is 23.7 Å². The maximum Gasteiger partial charge on any atom is 0.331 e. The van der Waals surface area contributed by atoms with Crippen LogP contribution < -0.4 is 0 Å². The van der Waals surface area contributed by atoms with Crippen molar-refractivity contribution in [3.8, 4) is 6.07 Å². The van der Waals surface area contributed by atoms with Crippen LogP contribution in [-0.2, 0) is 9.53 Å². The Morgan fingerprint density at radius 2 is 2.25 bits per heavy atom. The van der Waals surface area contributed by atoms with E-state index in [1.165, 1.54) is 6.08 Å². The third kappa shape index (κ3) is 3.03. The fraction of sp³-hybridized carbons (Fsp3) is 0.105. The first-order valence-corrected chi connectivity index (χ1v) is 7.54. The molecule has 0 atom stereocenters. The molecule has 5 nitrogen and oxygen atoms in total. The second kappa shape index (κ2) is 6.80. The molecule has 0 bridgehead atoms. The molecular weight excluding hydrogens is 302 g/mol. The molecule has 0 amide bonds. The van der Waals surface area contributed by atoms with Gasteiger partial charge < -0.3 is 9.72 Å². The number of carbonyl (C=O) groups is 1. The van der Waals surface area contributed by atoms with Crippen molar-refractivity contribution >= 4 is 22.4 Å². The molecule has 0 radical (unpaired) electrons. The summed E-state index contributed by atoms with van der Waals surface area (Å²) in [7, 11) is 0. The van der Waals surface area contributed by atoms with E-state index in [9.17, 15) is 4.79 Å². The van der Waals surface area contributed by atoms with Crippen molar-refractivity contribution < 1.29 is 9.53 Å². The second-order valence-electron chi connectivity index (χ2n) is 5.10. The van der Waals surface area contributed by atoms with Crippen molar-refractivity contribution in [3.05, 3.63) is 71.7 Å². The van der Waals surface area contributed by atoms with E-state index in [0.717, 1.165) is 16.5 Å². The number of pyridine rings is 1. The van der Waals surface area contributed by atoms with Crippen molar-refractivity contribution in [2.45, 2.75) is 6.92 Å². The first-order chi connectivity index (χ1) is 11.7. The minimum absolute atomic E-state index is 0.312. The van der Waals surface area contributed by atoms with Gasteiger partial charge in [0.1, 0.15) is 6.07 Å². The summed E-state index contributed by atoms with van der Waals surface area (Å²) in [6.45, 7) is 2.08. The number of fused-ring (bicyclic) bond motifs is 1. The topological polar surface area (TPSA) is 78.8 Å². The second-order valence-corrected chi connectivity index (χ2v) is 5.10. The number of hydrogen-bond acceptors (Lipinski definition) is 4. The van der Waals surface area contributed by atoms with E-state index < -0.39 is 5.97 Å². The van der Waals surface area contributed by atoms with E-state index in [0.29, 0.717) is 23.4 Å². The van der Waals surface area contributed by atoms with Gasteiger partial charge in [0, 0.05) is 34.9 Å². The molecule has 5 heteroatoms. The molecule has 3 aromatic rings. The Bertz CT molecular complexity index is 950. The number of benzene rings is 1. The van der Waals surface area contributed by atoms with Crippen LogP contribution in [0.2, 0.25) is 0 Å². The summed E-state index contributed by atoms with van der Waals surface area (Å²) >= 11 is 0. The highest BCUT2D eigenvalue weighted by Gasteiger charge is 2.12. The van der Waals surface area contributed by atoms with E-state index in [4.69, 9.17) is 10.00 Å². The fourth-order valence-electron chi connectivity index (χ4n) is 2.52. The van der Waals surface area contributed by atoms with Gasteiger partial charge in [-0.2, -0.15) is 5.26 Å². The van der Waals surface area contributed by atoms with Gasteiger partial charge in [0.2, 0.25) is 0 Å². The zero-order valence-corrected chi connectivity index (χ0v) is 13.1. The predicted octanol–water partition coefficient (Wildman–Crippen LogP) is 3.43. The molecule has 0 unspecified atom stereocenters. The summed E-state index contributed by atoms with van der Waals surface area (Å²) in [6.07, 6.45) is 4.79. The Balaban J connectivity index is 2.12. The van der Waals surface area contributed by atoms with Crippen LogP contribution in [-0.4, -0.2) is 22.5 Å². The number of esters is 1. The van der Waals surface area contributed by atoms with Crippen molar-refractivity contribution in [1.29, 1.82) is 5.26 Å². The molecular formula is C19H15N3O2. The molecule has 0 aliphatic heterocycles. The summed E-state index contributed by atoms with van der Waals surface area (Å²) in [5.74, 6) is -0.414. The molecule has 0 saturated carbocycles. The molecule has 2 aromatic heterocycles. The zero-order chi connectivity index (χ0) is 16.9. The van der Waals surface area contributed by atoms with E-state index in [2.05, 4.69) is 16.0 Å². The molecule has 0 spiro atoms. The molecule has 0 saturated heterocycles.